The van der Waals surface area contributed by atoms with E-state index in [1.165, 1.54) is 15.6 Å². The smallest absolute Gasteiger partial charge is 0.251 e. The van der Waals surface area contributed by atoms with Gasteiger partial charge in [0.15, 0.2) is 0 Å². The highest BCUT2D eigenvalue weighted by atomic mass is 32.1. The van der Waals surface area contributed by atoms with Crippen LogP contribution in [0, 0.1) is 0 Å². The lowest BCUT2D eigenvalue weighted by atomic mass is 10.0. The van der Waals surface area contributed by atoms with Crippen molar-refractivity contribution in [1.29, 1.82) is 0 Å². The molecule has 0 fully saturated rings. The van der Waals surface area contributed by atoms with Gasteiger partial charge in [-0.2, -0.15) is 8.75 Å². The summed E-state index contributed by atoms with van der Waals surface area (Å²) >= 11 is 2.90. The molecule has 1 amide bonds. The van der Waals surface area contributed by atoms with Gasteiger partial charge in [0.25, 0.3) is 5.91 Å². The Balaban J connectivity index is 1.54. The number of carbonyl (C=O) groups excluding carboxylic acids is 1. The third-order valence-corrected chi connectivity index (χ3v) is 6.00. The summed E-state index contributed by atoms with van der Waals surface area (Å²) in [5, 5.41) is 6.51. The fourth-order valence-corrected chi connectivity index (χ4v) is 4.57. The summed E-state index contributed by atoms with van der Waals surface area (Å²) in [5.41, 5.74) is 3.44. The Kier molecular flexibility index (Phi) is 4.67. The Morgan fingerprint density at radius 2 is 1.96 bits per heavy atom. The minimum Gasteiger partial charge on any atom is -0.350 e. The first-order valence-electron chi connectivity index (χ1n) is 8.26. The summed E-state index contributed by atoms with van der Waals surface area (Å²) in [6.45, 7) is 0.542. The molecule has 0 aliphatic heterocycles. The lowest BCUT2D eigenvalue weighted by molar-refractivity contribution is 0.0942. The molecule has 0 unspecified atom stereocenters. The second-order valence-electron chi connectivity index (χ2n) is 6.34. The SMILES string of the molecule is CN(C)[C@@H](CNC(=O)c1ccc2nsnc2c1)c1csc2ccccc12. The van der Waals surface area contributed by atoms with E-state index in [2.05, 4.69) is 48.6 Å². The maximum atomic E-state index is 12.6. The van der Waals surface area contributed by atoms with Crippen LogP contribution in [0.3, 0.4) is 0 Å². The van der Waals surface area contributed by atoms with Crippen molar-refractivity contribution in [1.82, 2.24) is 19.0 Å². The van der Waals surface area contributed by atoms with E-state index in [0.717, 1.165) is 22.8 Å². The van der Waals surface area contributed by atoms with E-state index in [1.54, 1.807) is 23.5 Å². The van der Waals surface area contributed by atoms with Gasteiger partial charge in [0.05, 0.1) is 17.8 Å². The van der Waals surface area contributed by atoms with E-state index in [1.807, 2.05) is 20.2 Å². The fraction of sp³-hybridized carbons (Fsp3) is 0.211. The second kappa shape index (κ2) is 7.11. The van der Waals surface area contributed by atoms with Gasteiger partial charge in [0.2, 0.25) is 0 Å². The average Bonchev–Trinajstić information content (AvgIpc) is 3.28. The van der Waals surface area contributed by atoms with Gasteiger partial charge in [0.1, 0.15) is 11.0 Å². The summed E-state index contributed by atoms with van der Waals surface area (Å²) in [6, 6.07) is 13.9. The van der Waals surface area contributed by atoms with Crippen molar-refractivity contribution < 1.29 is 4.79 Å². The van der Waals surface area contributed by atoms with Gasteiger partial charge >= 0.3 is 0 Å². The van der Waals surface area contributed by atoms with Crippen molar-refractivity contribution in [2.75, 3.05) is 20.6 Å². The van der Waals surface area contributed by atoms with Gasteiger partial charge < -0.3 is 10.2 Å². The number of carbonyl (C=O) groups is 1. The normalized spacial score (nSPS) is 12.7. The summed E-state index contributed by atoms with van der Waals surface area (Å²) < 4.78 is 9.64. The van der Waals surface area contributed by atoms with E-state index in [4.69, 9.17) is 0 Å². The van der Waals surface area contributed by atoms with Crippen LogP contribution in [0.25, 0.3) is 21.1 Å². The molecule has 132 valence electrons. The van der Waals surface area contributed by atoms with E-state index < -0.39 is 0 Å². The van der Waals surface area contributed by atoms with Crippen LogP contribution in [0.2, 0.25) is 0 Å². The number of rotatable bonds is 5. The Morgan fingerprint density at radius 1 is 1.15 bits per heavy atom. The van der Waals surface area contributed by atoms with E-state index in [-0.39, 0.29) is 11.9 Å². The molecule has 2 heterocycles. The summed E-state index contributed by atoms with van der Waals surface area (Å²) in [4.78, 5) is 14.7. The molecule has 0 spiro atoms. The van der Waals surface area contributed by atoms with Crippen LogP contribution < -0.4 is 5.32 Å². The largest absolute Gasteiger partial charge is 0.350 e. The molecule has 2 aromatic heterocycles. The van der Waals surface area contributed by atoms with Crippen molar-refractivity contribution in [2.45, 2.75) is 6.04 Å². The highest BCUT2D eigenvalue weighted by molar-refractivity contribution is 7.17. The highest BCUT2D eigenvalue weighted by Gasteiger charge is 2.19. The molecule has 4 aromatic rings. The molecule has 4 rings (SSSR count). The van der Waals surface area contributed by atoms with Gasteiger partial charge in [0, 0.05) is 16.8 Å². The quantitative estimate of drug-likeness (QED) is 0.568. The maximum Gasteiger partial charge on any atom is 0.251 e. The molecule has 0 radical (unpaired) electrons. The molecule has 5 nitrogen and oxygen atoms in total. The number of thiophene rings is 1. The Morgan fingerprint density at radius 3 is 2.81 bits per heavy atom. The maximum absolute atomic E-state index is 12.6. The number of hydrogen-bond acceptors (Lipinski definition) is 6. The van der Waals surface area contributed by atoms with Crippen molar-refractivity contribution in [3.05, 3.63) is 59.0 Å². The Hall–Kier alpha value is -2.35. The third-order valence-electron chi connectivity index (χ3n) is 4.47. The number of likely N-dealkylation sites (N-methyl/N-ethyl adjacent to an activating group) is 1. The van der Waals surface area contributed by atoms with Crippen LogP contribution in [0.1, 0.15) is 22.0 Å². The molecule has 2 aromatic carbocycles. The van der Waals surface area contributed by atoms with Crippen LogP contribution in [0.4, 0.5) is 0 Å². The minimum atomic E-state index is -0.0914. The first kappa shape index (κ1) is 17.1. The summed E-state index contributed by atoms with van der Waals surface area (Å²) in [6.07, 6.45) is 0. The lowest BCUT2D eigenvalue weighted by Crippen LogP contribution is -2.34. The molecule has 0 aliphatic carbocycles. The summed E-state index contributed by atoms with van der Waals surface area (Å²) in [5.74, 6) is -0.0914. The van der Waals surface area contributed by atoms with Gasteiger partial charge in [-0.1, -0.05) is 18.2 Å². The van der Waals surface area contributed by atoms with E-state index >= 15 is 0 Å². The molecule has 0 saturated heterocycles. The fourth-order valence-electron chi connectivity index (χ4n) is 3.04. The van der Waals surface area contributed by atoms with E-state index in [9.17, 15) is 4.79 Å². The summed E-state index contributed by atoms with van der Waals surface area (Å²) in [7, 11) is 4.08. The first-order chi connectivity index (χ1) is 12.6. The number of hydrogen-bond donors (Lipinski definition) is 1. The number of benzene rings is 2. The van der Waals surface area contributed by atoms with Crippen LogP contribution in [-0.4, -0.2) is 40.2 Å². The molecule has 0 saturated carbocycles. The topological polar surface area (TPSA) is 58.1 Å². The lowest BCUT2D eigenvalue weighted by Gasteiger charge is -2.24. The Bertz CT molecular complexity index is 1070. The third kappa shape index (κ3) is 3.21. The first-order valence-corrected chi connectivity index (χ1v) is 9.87. The molecule has 26 heavy (non-hydrogen) atoms. The number of nitrogens with zero attached hydrogens (tertiary/aromatic N) is 3. The van der Waals surface area contributed by atoms with Crippen molar-refractivity contribution in [3.63, 3.8) is 0 Å². The number of fused-ring (bicyclic) bond motifs is 2. The molecule has 1 N–H and O–H groups in total. The van der Waals surface area contributed by atoms with Gasteiger partial charge in [-0.05, 0) is 54.7 Å². The molecule has 0 bridgehead atoms. The zero-order valence-electron chi connectivity index (χ0n) is 14.5. The second-order valence-corrected chi connectivity index (χ2v) is 7.78. The molecule has 7 heteroatoms. The van der Waals surface area contributed by atoms with Gasteiger partial charge in [-0.25, -0.2) is 0 Å². The predicted octanol–water partition coefficient (Wildman–Crippen LogP) is 3.94. The molecular formula is C19H18N4OS2. The van der Waals surface area contributed by atoms with Gasteiger partial charge in [-0.3, -0.25) is 4.79 Å². The van der Waals surface area contributed by atoms with Crippen LogP contribution in [0.5, 0.6) is 0 Å². The van der Waals surface area contributed by atoms with Crippen LogP contribution >= 0.6 is 23.1 Å². The highest BCUT2D eigenvalue weighted by Crippen LogP contribution is 2.32. The zero-order chi connectivity index (χ0) is 18.1. The average molecular weight is 383 g/mol. The van der Waals surface area contributed by atoms with Gasteiger partial charge in [-0.15, -0.1) is 11.3 Å². The number of nitrogens with one attached hydrogen (secondary N) is 1. The predicted molar refractivity (Wildman–Crippen MR) is 108 cm³/mol. The van der Waals surface area contributed by atoms with Crippen molar-refractivity contribution in [3.8, 4) is 0 Å². The molecule has 1 atom stereocenters. The van der Waals surface area contributed by atoms with E-state index in [0.29, 0.717) is 12.1 Å². The monoisotopic (exact) mass is 382 g/mol. The van der Waals surface area contributed by atoms with Crippen LogP contribution in [0.15, 0.2) is 47.8 Å². The minimum absolute atomic E-state index is 0.0914. The molecular weight excluding hydrogens is 364 g/mol. The van der Waals surface area contributed by atoms with Crippen molar-refractivity contribution >= 4 is 50.1 Å². The van der Waals surface area contributed by atoms with Crippen LogP contribution in [-0.2, 0) is 0 Å². The molecule has 0 aliphatic rings. The number of amides is 1. The number of aromatic nitrogens is 2. The Labute approximate surface area is 159 Å². The zero-order valence-corrected chi connectivity index (χ0v) is 16.1. The van der Waals surface area contributed by atoms with Crippen molar-refractivity contribution in [2.24, 2.45) is 0 Å². The standard InChI is InChI=1S/C19H18N4OS2/c1-23(2)17(14-11-25-18-6-4-3-5-13(14)18)10-20-19(24)12-7-8-15-16(9-12)22-26-21-15/h3-9,11,17H,10H2,1-2H3,(H,20,24)/t17-/m0/s1.